The number of aromatic nitrogens is 2. The van der Waals surface area contributed by atoms with Gasteiger partial charge in [0.2, 0.25) is 0 Å². The average Bonchev–Trinajstić information content (AvgIpc) is 2.59. The summed E-state index contributed by atoms with van der Waals surface area (Å²) >= 11 is 1.66. The van der Waals surface area contributed by atoms with E-state index >= 15 is 0 Å². The standard InChI is InChI=1S/C7H13N5S/c1-3-13-7-5(8)6-10-9-4(2)12(6)11-7/h4,9-10H,3,8H2,1-2H3. The van der Waals surface area contributed by atoms with Crippen LogP contribution in [-0.2, 0) is 0 Å². The maximum absolute atomic E-state index is 5.90. The molecule has 6 heteroatoms. The first-order chi connectivity index (χ1) is 6.24. The van der Waals surface area contributed by atoms with Gasteiger partial charge in [0.1, 0.15) is 16.9 Å². The molecule has 0 saturated carbocycles. The van der Waals surface area contributed by atoms with E-state index in [0.717, 1.165) is 22.3 Å². The molecule has 0 saturated heterocycles. The van der Waals surface area contributed by atoms with Gasteiger partial charge in [-0.25, -0.2) is 10.1 Å². The fourth-order valence-electron chi connectivity index (χ4n) is 1.31. The molecule has 4 N–H and O–H groups in total. The number of thioether (sulfide) groups is 1. The molecule has 1 aromatic heterocycles. The van der Waals surface area contributed by atoms with Crippen LogP contribution in [0, 0.1) is 0 Å². The van der Waals surface area contributed by atoms with Gasteiger partial charge >= 0.3 is 0 Å². The molecule has 0 bridgehead atoms. The van der Waals surface area contributed by atoms with E-state index < -0.39 is 0 Å². The molecule has 0 amide bonds. The molecule has 1 aliphatic rings. The molecule has 0 spiro atoms. The molecule has 0 radical (unpaired) electrons. The van der Waals surface area contributed by atoms with Crippen LogP contribution < -0.4 is 16.6 Å². The van der Waals surface area contributed by atoms with Crippen molar-refractivity contribution in [2.75, 3.05) is 16.9 Å². The van der Waals surface area contributed by atoms with Gasteiger partial charge in [-0.3, -0.25) is 0 Å². The average molecular weight is 199 g/mol. The van der Waals surface area contributed by atoms with Crippen molar-refractivity contribution in [1.29, 1.82) is 0 Å². The predicted octanol–water partition coefficient (Wildman–Crippen LogP) is 1.03. The number of hydrogen-bond acceptors (Lipinski definition) is 5. The second kappa shape index (κ2) is 3.12. The minimum absolute atomic E-state index is 0.170. The smallest absolute Gasteiger partial charge is 0.165 e. The minimum Gasteiger partial charge on any atom is -0.393 e. The zero-order chi connectivity index (χ0) is 9.42. The Morgan fingerprint density at radius 3 is 3.08 bits per heavy atom. The van der Waals surface area contributed by atoms with Crippen LogP contribution >= 0.6 is 11.8 Å². The van der Waals surface area contributed by atoms with E-state index in [1.54, 1.807) is 11.8 Å². The molecule has 72 valence electrons. The molecule has 1 atom stereocenters. The number of nitrogens with one attached hydrogen (secondary N) is 2. The van der Waals surface area contributed by atoms with Crippen molar-refractivity contribution in [3.8, 4) is 0 Å². The highest BCUT2D eigenvalue weighted by Crippen LogP contribution is 2.34. The molecule has 1 aliphatic heterocycles. The van der Waals surface area contributed by atoms with E-state index in [1.807, 2.05) is 11.6 Å². The van der Waals surface area contributed by atoms with Crippen LogP contribution in [0.25, 0.3) is 0 Å². The Morgan fingerprint density at radius 2 is 2.46 bits per heavy atom. The number of fused-ring (bicyclic) bond motifs is 1. The van der Waals surface area contributed by atoms with Gasteiger partial charge in [-0.2, -0.15) is 5.10 Å². The summed E-state index contributed by atoms with van der Waals surface area (Å²) < 4.78 is 1.87. The topological polar surface area (TPSA) is 67.9 Å². The zero-order valence-corrected chi connectivity index (χ0v) is 8.48. The molecule has 5 nitrogen and oxygen atoms in total. The zero-order valence-electron chi connectivity index (χ0n) is 7.66. The largest absolute Gasteiger partial charge is 0.393 e. The van der Waals surface area contributed by atoms with Crippen molar-refractivity contribution in [3.05, 3.63) is 0 Å². The van der Waals surface area contributed by atoms with E-state index in [-0.39, 0.29) is 6.17 Å². The molecule has 0 aliphatic carbocycles. The normalized spacial score (nSPS) is 20.0. The Bertz CT molecular complexity index is 321. The Balaban J connectivity index is 2.37. The second-order valence-corrected chi connectivity index (χ2v) is 4.14. The summed E-state index contributed by atoms with van der Waals surface area (Å²) in [6.45, 7) is 4.11. The van der Waals surface area contributed by atoms with Gasteiger partial charge < -0.3 is 11.2 Å². The molecule has 2 heterocycles. The summed E-state index contributed by atoms with van der Waals surface area (Å²) in [5, 5.41) is 5.31. The van der Waals surface area contributed by atoms with E-state index in [4.69, 9.17) is 5.73 Å². The van der Waals surface area contributed by atoms with Crippen molar-refractivity contribution in [2.24, 2.45) is 0 Å². The van der Waals surface area contributed by atoms with Gasteiger partial charge in [0.25, 0.3) is 0 Å². The lowest BCUT2D eigenvalue weighted by atomic mass is 10.5. The number of nitrogens with zero attached hydrogens (tertiary/aromatic N) is 2. The lowest BCUT2D eigenvalue weighted by molar-refractivity contribution is 0.475. The first kappa shape index (κ1) is 8.71. The van der Waals surface area contributed by atoms with Crippen molar-refractivity contribution in [3.63, 3.8) is 0 Å². The van der Waals surface area contributed by atoms with E-state index in [1.165, 1.54) is 0 Å². The molecule has 13 heavy (non-hydrogen) atoms. The number of nitrogen functional groups attached to an aromatic ring is 1. The van der Waals surface area contributed by atoms with Crippen LogP contribution in [0.15, 0.2) is 5.03 Å². The number of rotatable bonds is 2. The second-order valence-electron chi connectivity index (χ2n) is 2.89. The summed E-state index contributed by atoms with van der Waals surface area (Å²) in [5.74, 6) is 1.87. The molecule has 1 aromatic rings. The third kappa shape index (κ3) is 1.26. The quantitative estimate of drug-likeness (QED) is 0.621. The SMILES string of the molecule is CCSc1nn2c(c1N)NNC2C. The van der Waals surface area contributed by atoms with Gasteiger partial charge in [-0.1, -0.05) is 6.92 Å². The van der Waals surface area contributed by atoms with Crippen molar-refractivity contribution >= 4 is 23.3 Å². The van der Waals surface area contributed by atoms with Crippen LogP contribution in [0.5, 0.6) is 0 Å². The van der Waals surface area contributed by atoms with Crippen LogP contribution in [-0.4, -0.2) is 15.5 Å². The monoisotopic (exact) mass is 199 g/mol. The Kier molecular flexibility index (Phi) is 2.09. The van der Waals surface area contributed by atoms with Crippen LogP contribution in [0.4, 0.5) is 11.5 Å². The van der Waals surface area contributed by atoms with Crippen LogP contribution in [0.2, 0.25) is 0 Å². The Hall–Kier alpha value is -0.880. The van der Waals surface area contributed by atoms with Gasteiger partial charge in [-0.05, 0) is 12.7 Å². The molecule has 0 fully saturated rings. The van der Waals surface area contributed by atoms with Gasteiger partial charge in [0.05, 0.1) is 0 Å². The number of hydrazine groups is 1. The van der Waals surface area contributed by atoms with E-state index in [9.17, 15) is 0 Å². The fourth-order valence-corrected chi connectivity index (χ4v) is 1.98. The van der Waals surface area contributed by atoms with Crippen LogP contribution in [0.3, 0.4) is 0 Å². The van der Waals surface area contributed by atoms with Crippen LogP contribution in [0.1, 0.15) is 20.0 Å². The number of hydrogen-bond donors (Lipinski definition) is 3. The first-order valence-corrected chi connectivity index (χ1v) is 5.25. The summed E-state index contributed by atoms with van der Waals surface area (Å²) in [5.41, 5.74) is 12.7. The highest BCUT2D eigenvalue weighted by atomic mass is 32.2. The third-order valence-electron chi connectivity index (χ3n) is 1.96. The summed E-state index contributed by atoms with van der Waals surface area (Å²) in [6.07, 6.45) is 0.170. The number of anilines is 2. The maximum atomic E-state index is 5.90. The highest BCUT2D eigenvalue weighted by Gasteiger charge is 2.23. The van der Waals surface area contributed by atoms with Gasteiger partial charge in [0, 0.05) is 0 Å². The summed E-state index contributed by atoms with van der Waals surface area (Å²) in [6, 6.07) is 0. The van der Waals surface area contributed by atoms with Crippen molar-refractivity contribution < 1.29 is 0 Å². The lowest BCUT2D eigenvalue weighted by Gasteiger charge is -2.02. The molecule has 0 aromatic carbocycles. The summed E-state index contributed by atoms with van der Waals surface area (Å²) in [4.78, 5) is 0. The number of nitrogens with two attached hydrogens (primary N) is 1. The molecular weight excluding hydrogens is 186 g/mol. The fraction of sp³-hybridized carbons (Fsp3) is 0.571. The van der Waals surface area contributed by atoms with E-state index in [0.29, 0.717) is 0 Å². The predicted molar refractivity (Wildman–Crippen MR) is 54.5 cm³/mol. The van der Waals surface area contributed by atoms with Crippen molar-refractivity contribution in [1.82, 2.24) is 15.2 Å². The first-order valence-electron chi connectivity index (χ1n) is 4.26. The molecule has 1 unspecified atom stereocenters. The molecule has 2 rings (SSSR count). The van der Waals surface area contributed by atoms with E-state index in [2.05, 4.69) is 22.9 Å². The third-order valence-corrected chi connectivity index (χ3v) is 2.82. The van der Waals surface area contributed by atoms with Crippen molar-refractivity contribution in [2.45, 2.75) is 25.0 Å². The Labute approximate surface area is 81.0 Å². The van der Waals surface area contributed by atoms with Gasteiger partial charge in [0.15, 0.2) is 5.82 Å². The lowest BCUT2D eigenvalue weighted by Crippen LogP contribution is -2.19. The highest BCUT2D eigenvalue weighted by molar-refractivity contribution is 7.99. The maximum Gasteiger partial charge on any atom is 0.165 e. The summed E-state index contributed by atoms with van der Waals surface area (Å²) in [7, 11) is 0. The van der Waals surface area contributed by atoms with Gasteiger partial charge in [-0.15, -0.1) is 11.8 Å². The minimum atomic E-state index is 0.170. The Morgan fingerprint density at radius 1 is 1.69 bits per heavy atom. The molecular formula is C7H13N5S.